The van der Waals surface area contributed by atoms with Crippen LogP contribution in [0.2, 0.25) is 0 Å². The molecule has 12 heteroatoms. The summed E-state index contributed by atoms with van der Waals surface area (Å²) in [7, 11) is 2.46. The molecule has 184 valence electrons. The van der Waals surface area contributed by atoms with Crippen LogP contribution in [0, 0.1) is 27.3 Å². The number of phenolic OH excluding ortho intramolecular Hbond substituents is 1. The molecule has 2 heterocycles. The van der Waals surface area contributed by atoms with Crippen LogP contribution in [-0.4, -0.2) is 58.3 Å². The smallest absolute Gasteiger partial charge is 0.315 e. The van der Waals surface area contributed by atoms with E-state index in [0.717, 1.165) is 43.2 Å². The number of aromatic nitrogens is 1. The lowest BCUT2D eigenvalue weighted by Crippen LogP contribution is -2.28. The lowest BCUT2D eigenvalue weighted by atomic mass is 9.95. The maximum atomic E-state index is 14.5. The van der Waals surface area contributed by atoms with Crippen molar-refractivity contribution in [1.29, 1.82) is 5.26 Å². The molecule has 1 aliphatic heterocycles. The van der Waals surface area contributed by atoms with Crippen molar-refractivity contribution < 1.29 is 33.8 Å². The number of pyridine rings is 1. The molecule has 0 saturated carbocycles. The molecule has 1 saturated heterocycles. The van der Waals surface area contributed by atoms with Gasteiger partial charge < -0.3 is 24.6 Å². The Bertz CT molecular complexity index is 1220. The van der Waals surface area contributed by atoms with Gasteiger partial charge in [0.05, 0.1) is 18.2 Å². The number of amides is 1. The van der Waals surface area contributed by atoms with Gasteiger partial charge in [0, 0.05) is 55.6 Å². The van der Waals surface area contributed by atoms with Crippen LogP contribution in [-0.2, 0) is 16.1 Å². The number of methoxy groups -OCH3 is 1. The number of nitro benzene ring substituents is 1. The van der Waals surface area contributed by atoms with Crippen molar-refractivity contribution in [2.75, 3.05) is 27.4 Å². The molecule has 2 N–H and O–H groups in total. The molecule has 2 aromatic rings. The van der Waals surface area contributed by atoms with Crippen molar-refractivity contribution in [1.82, 2.24) is 9.88 Å². The van der Waals surface area contributed by atoms with Gasteiger partial charge in [-0.3, -0.25) is 19.9 Å². The third kappa shape index (κ3) is 5.47. The number of hydrogen-bond donors (Lipinski definition) is 2. The summed E-state index contributed by atoms with van der Waals surface area (Å²) in [5.41, 5.74) is -0.956. The zero-order valence-electron chi connectivity index (χ0n) is 19.0. The number of hydrogen-bond acceptors (Lipinski definition) is 9. The Morgan fingerprint density at radius 1 is 1.40 bits per heavy atom. The topological polar surface area (TPSA) is 159 Å². The number of benzene rings is 1. The molecule has 1 aliphatic rings. The molecule has 35 heavy (non-hydrogen) atoms. The summed E-state index contributed by atoms with van der Waals surface area (Å²) in [4.78, 5) is 28.5. The number of halogens is 1. The van der Waals surface area contributed by atoms with Crippen molar-refractivity contribution in [2.45, 2.75) is 25.3 Å². The third-order valence-electron chi connectivity index (χ3n) is 5.66. The van der Waals surface area contributed by atoms with Crippen molar-refractivity contribution in [3.05, 3.63) is 62.7 Å². The van der Waals surface area contributed by atoms with Gasteiger partial charge >= 0.3 is 5.69 Å². The summed E-state index contributed by atoms with van der Waals surface area (Å²) >= 11 is 0. The van der Waals surface area contributed by atoms with Gasteiger partial charge in [-0.15, -0.1) is 0 Å². The predicted octanol–water partition coefficient (Wildman–Crippen LogP) is 3.19. The third-order valence-corrected chi connectivity index (χ3v) is 5.66. The summed E-state index contributed by atoms with van der Waals surface area (Å²) in [6.45, 7) is 0.932. The number of aromatic hydroxyl groups is 1. The molecule has 0 spiro atoms. The van der Waals surface area contributed by atoms with E-state index in [0.29, 0.717) is 18.9 Å². The van der Waals surface area contributed by atoms with Crippen LogP contribution in [0.5, 0.6) is 11.5 Å². The lowest BCUT2D eigenvalue weighted by Gasteiger charge is -2.23. The molecule has 0 unspecified atom stereocenters. The Morgan fingerprint density at radius 3 is 2.69 bits per heavy atom. The van der Waals surface area contributed by atoms with Gasteiger partial charge in [0.2, 0.25) is 5.75 Å². The van der Waals surface area contributed by atoms with Crippen molar-refractivity contribution in [2.24, 2.45) is 0 Å². The second-order valence-electron chi connectivity index (χ2n) is 7.89. The van der Waals surface area contributed by atoms with E-state index in [1.54, 1.807) is 12.1 Å². The van der Waals surface area contributed by atoms with Gasteiger partial charge in [-0.2, -0.15) is 5.26 Å². The van der Waals surface area contributed by atoms with E-state index in [9.17, 15) is 34.8 Å². The fourth-order valence-corrected chi connectivity index (χ4v) is 3.73. The highest BCUT2D eigenvalue weighted by atomic mass is 19.1. The number of rotatable bonds is 7. The highest BCUT2D eigenvalue weighted by Crippen LogP contribution is 2.39. The number of carbonyl (C=O) groups is 1. The minimum absolute atomic E-state index is 0.1000. The molecule has 0 bridgehead atoms. The molecule has 1 amide bonds. The zero-order valence-corrected chi connectivity index (χ0v) is 19.0. The molecule has 0 atom stereocenters. The fourth-order valence-electron chi connectivity index (χ4n) is 3.73. The van der Waals surface area contributed by atoms with Gasteiger partial charge in [0.1, 0.15) is 17.6 Å². The summed E-state index contributed by atoms with van der Waals surface area (Å²) in [5.74, 6) is -3.44. The van der Waals surface area contributed by atoms with Crippen LogP contribution in [0.4, 0.5) is 10.1 Å². The van der Waals surface area contributed by atoms with Crippen LogP contribution >= 0.6 is 0 Å². The van der Waals surface area contributed by atoms with Crippen LogP contribution in [0.1, 0.15) is 35.6 Å². The Hall–Kier alpha value is -4.24. The second-order valence-corrected chi connectivity index (χ2v) is 7.89. The minimum Gasteiger partial charge on any atom is -0.506 e. The first-order valence-corrected chi connectivity index (χ1v) is 10.5. The SMILES string of the molecule is COc1cc(/C(O)=C(\C#N)C(=O)N(C)Cc2cc(C3CCOCC3)ncc2F)cc([N+](=O)[O-])c1O. The van der Waals surface area contributed by atoms with Crippen LogP contribution in [0.25, 0.3) is 5.76 Å². The number of nitriles is 1. The van der Waals surface area contributed by atoms with E-state index in [2.05, 4.69) is 4.98 Å². The van der Waals surface area contributed by atoms with Crippen molar-refractivity contribution in [3.63, 3.8) is 0 Å². The second kappa shape index (κ2) is 10.8. The van der Waals surface area contributed by atoms with Crippen molar-refractivity contribution >= 4 is 17.4 Å². The predicted molar refractivity (Wildman–Crippen MR) is 120 cm³/mol. The Balaban J connectivity index is 1.91. The number of nitrogens with zero attached hydrogens (tertiary/aromatic N) is 4. The first kappa shape index (κ1) is 25.4. The van der Waals surface area contributed by atoms with E-state index >= 15 is 0 Å². The highest BCUT2D eigenvalue weighted by molar-refractivity contribution is 6.03. The van der Waals surface area contributed by atoms with E-state index in [1.165, 1.54) is 7.05 Å². The zero-order chi connectivity index (χ0) is 25.7. The average Bonchev–Trinajstić information content (AvgIpc) is 2.86. The molecule has 0 aliphatic carbocycles. The number of ether oxygens (including phenoxy) is 2. The first-order valence-electron chi connectivity index (χ1n) is 10.5. The number of phenols is 1. The van der Waals surface area contributed by atoms with E-state index in [4.69, 9.17) is 9.47 Å². The molecule has 1 aromatic heterocycles. The summed E-state index contributed by atoms with van der Waals surface area (Å²) in [6.07, 6.45) is 2.56. The van der Waals surface area contributed by atoms with Gasteiger partial charge in [0.15, 0.2) is 11.3 Å². The Morgan fingerprint density at radius 2 is 2.09 bits per heavy atom. The largest absolute Gasteiger partial charge is 0.506 e. The molecule has 3 rings (SSSR count). The summed E-state index contributed by atoms with van der Waals surface area (Å²) in [5, 5.41) is 41.3. The molecule has 11 nitrogen and oxygen atoms in total. The van der Waals surface area contributed by atoms with E-state index < -0.39 is 39.4 Å². The summed E-state index contributed by atoms with van der Waals surface area (Å²) in [6, 6.07) is 5.01. The van der Waals surface area contributed by atoms with Gasteiger partial charge in [-0.05, 0) is 25.0 Å². The number of likely N-dealkylation sites (N-methyl/N-ethyl adjacent to an activating group) is 1. The Kier molecular flexibility index (Phi) is 7.83. The van der Waals surface area contributed by atoms with Crippen LogP contribution < -0.4 is 4.74 Å². The van der Waals surface area contributed by atoms with E-state index in [1.807, 2.05) is 0 Å². The molecule has 1 fully saturated rings. The maximum Gasteiger partial charge on any atom is 0.315 e. The maximum absolute atomic E-state index is 14.5. The molecular formula is C23H23FN4O7. The summed E-state index contributed by atoms with van der Waals surface area (Å²) < 4.78 is 24.7. The van der Waals surface area contributed by atoms with E-state index in [-0.39, 0.29) is 29.3 Å². The standard InChI is InChI=1S/C23H23FN4O7/c1-27(12-15-7-18(26-11-17(15)24)13-3-5-35-6-4-13)23(31)16(10-25)21(29)14-8-19(28(32)33)22(30)20(9-14)34-2/h7-9,11,13,29-30H,3-6,12H2,1-2H3/b21-16-. The number of aliphatic hydroxyl groups is 1. The normalized spacial score (nSPS) is 14.6. The minimum atomic E-state index is -0.941. The highest BCUT2D eigenvalue weighted by Gasteiger charge is 2.26. The lowest BCUT2D eigenvalue weighted by molar-refractivity contribution is -0.386. The number of nitro groups is 1. The molecule has 0 radical (unpaired) electrons. The number of aliphatic hydroxyl groups excluding tert-OH is 1. The first-order chi connectivity index (χ1) is 16.7. The monoisotopic (exact) mass is 486 g/mol. The molecular weight excluding hydrogens is 463 g/mol. The molecule has 1 aromatic carbocycles. The quantitative estimate of drug-likeness (QED) is 0.197. The van der Waals surface area contributed by atoms with Gasteiger partial charge in [-0.1, -0.05) is 0 Å². The number of carbonyl (C=O) groups excluding carboxylic acids is 1. The van der Waals surface area contributed by atoms with Crippen LogP contribution in [0.3, 0.4) is 0 Å². The van der Waals surface area contributed by atoms with Crippen molar-refractivity contribution in [3.8, 4) is 17.6 Å². The van der Waals surface area contributed by atoms with Crippen LogP contribution in [0.15, 0.2) is 30.0 Å². The average molecular weight is 486 g/mol. The van der Waals surface area contributed by atoms with Gasteiger partial charge in [-0.25, -0.2) is 4.39 Å². The Labute approximate surface area is 199 Å². The van der Waals surface area contributed by atoms with Gasteiger partial charge in [0.25, 0.3) is 5.91 Å². The fraction of sp³-hybridized carbons (Fsp3) is 0.348.